The smallest absolute Gasteiger partial charge is 0.0373 e. The van der Waals surface area contributed by atoms with Gasteiger partial charge in [-0.2, -0.15) is 11.8 Å². The molecular weight excluding hydrogens is 214 g/mol. The summed E-state index contributed by atoms with van der Waals surface area (Å²) >= 11 is 2.14. The number of anilines is 1. The molecule has 1 atom stereocenters. The van der Waals surface area contributed by atoms with Crippen LogP contribution in [0.4, 0.5) is 5.69 Å². The van der Waals surface area contributed by atoms with Gasteiger partial charge in [0.2, 0.25) is 0 Å². The lowest BCUT2D eigenvalue weighted by atomic mass is 10.1. The maximum Gasteiger partial charge on any atom is 0.0373 e. The van der Waals surface area contributed by atoms with Crippen LogP contribution in [-0.4, -0.2) is 17.5 Å². The molecule has 2 heteroatoms. The fourth-order valence-corrected chi connectivity index (χ4v) is 3.36. The van der Waals surface area contributed by atoms with Gasteiger partial charge in [-0.05, 0) is 36.6 Å². The second-order valence-corrected chi connectivity index (χ2v) is 5.83. The van der Waals surface area contributed by atoms with Gasteiger partial charge < -0.3 is 5.32 Å². The number of nitrogens with one attached hydrogen (secondary N) is 1. The second-order valence-electron chi connectivity index (χ2n) is 4.42. The van der Waals surface area contributed by atoms with Crippen molar-refractivity contribution in [2.45, 2.75) is 37.9 Å². The first-order valence-electron chi connectivity index (χ1n) is 6.33. The third kappa shape index (κ3) is 3.18. The molecule has 0 aromatic heterocycles. The Bertz CT molecular complexity index is 297. The number of hydrogen-bond donors (Lipinski definition) is 1. The van der Waals surface area contributed by atoms with Crippen molar-refractivity contribution in [3.05, 3.63) is 29.8 Å². The van der Waals surface area contributed by atoms with E-state index in [0.717, 1.165) is 11.8 Å². The molecule has 1 aromatic rings. The average Bonchev–Trinajstić information content (AvgIpc) is 2.53. The molecule has 1 unspecified atom stereocenters. The first-order valence-corrected chi connectivity index (χ1v) is 7.38. The summed E-state index contributed by atoms with van der Waals surface area (Å²) in [5.74, 6) is 1.32. The minimum Gasteiger partial charge on any atom is -0.384 e. The Kier molecular flexibility index (Phi) is 4.58. The van der Waals surface area contributed by atoms with Crippen LogP contribution in [-0.2, 0) is 6.42 Å². The standard InChI is InChI=1S/C14H21NS/c1-2-3-10-16-13-9-8-12-6-4-5-7-14(12)15-11-13/h4-7,13,15H,2-3,8-11H2,1H3. The van der Waals surface area contributed by atoms with Crippen molar-refractivity contribution in [1.82, 2.24) is 0 Å². The molecule has 0 saturated heterocycles. The van der Waals surface area contributed by atoms with Gasteiger partial charge in [-0.25, -0.2) is 0 Å². The lowest BCUT2D eigenvalue weighted by molar-refractivity contribution is 0.798. The van der Waals surface area contributed by atoms with E-state index in [1.165, 1.54) is 42.7 Å². The summed E-state index contributed by atoms with van der Waals surface area (Å²) in [6.45, 7) is 3.40. The van der Waals surface area contributed by atoms with Gasteiger partial charge in [-0.3, -0.25) is 0 Å². The van der Waals surface area contributed by atoms with Crippen LogP contribution in [0.1, 0.15) is 31.7 Å². The second kappa shape index (κ2) is 6.19. The summed E-state index contributed by atoms with van der Waals surface area (Å²) in [5.41, 5.74) is 2.84. The van der Waals surface area contributed by atoms with Crippen LogP contribution in [0.3, 0.4) is 0 Å². The van der Waals surface area contributed by atoms with Crippen molar-refractivity contribution in [3.63, 3.8) is 0 Å². The Labute approximate surface area is 103 Å². The van der Waals surface area contributed by atoms with E-state index in [0.29, 0.717) is 0 Å². The number of para-hydroxylation sites is 1. The van der Waals surface area contributed by atoms with E-state index in [2.05, 4.69) is 48.3 Å². The first-order chi connectivity index (χ1) is 7.90. The lowest BCUT2D eigenvalue weighted by Gasteiger charge is -2.13. The van der Waals surface area contributed by atoms with E-state index in [1.54, 1.807) is 0 Å². The Morgan fingerprint density at radius 2 is 2.25 bits per heavy atom. The van der Waals surface area contributed by atoms with Gasteiger partial charge in [0.15, 0.2) is 0 Å². The predicted molar refractivity (Wildman–Crippen MR) is 74.4 cm³/mol. The molecule has 1 aliphatic rings. The van der Waals surface area contributed by atoms with E-state index < -0.39 is 0 Å². The highest BCUT2D eigenvalue weighted by molar-refractivity contribution is 7.99. The van der Waals surface area contributed by atoms with Gasteiger partial charge in [0.1, 0.15) is 0 Å². The summed E-state index contributed by atoms with van der Waals surface area (Å²) in [4.78, 5) is 0. The third-order valence-electron chi connectivity index (χ3n) is 3.12. The van der Waals surface area contributed by atoms with Gasteiger partial charge in [0, 0.05) is 17.5 Å². The van der Waals surface area contributed by atoms with Crippen LogP contribution in [0.25, 0.3) is 0 Å². The van der Waals surface area contributed by atoms with Crippen LogP contribution in [0.15, 0.2) is 24.3 Å². The molecule has 1 aromatic carbocycles. The highest BCUT2D eigenvalue weighted by atomic mass is 32.2. The van der Waals surface area contributed by atoms with Crippen molar-refractivity contribution < 1.29 is 0 Å². The molecule has 0 bridgehead atoms. The summed E-state index contributed by atoms with van der Waals surface area (Å²) in [5, 5.41) is 4.37. The molecule has 1 N–H and O–H groups in total. The molecule has 0 amide bonds. The van der Waals surface area contributed by atoms with Gasteiger partial charge in [-0.1, -0.05) is 31.5 Å². The summed E-state index contributed by atoms with van der Waals surface area (Å²) in [6, 6.07) is 8.72. The topological polar surface area (TPSA) is 12.0 Å². The Hall–Kier alpha value is -0.630. The average molecular weight is 235 g/mol. The van der Waals surface area contributed by atoms with Gasteiger partial charge in [-0.15, -0.1) is 0 Å². The van der Waals surface area contributed by atoms with Gasteiger partial charge >= 0.3 is 0 Å². The number of aryl methyl sites for hydroxylation is 1. The van der Waals surface area contributed by atoms with Gasteiger partial charge in [0.05, 0.1) is 0 Å². The zero-order chi connectivity index (χ0) is 11.2. The molecule has 0 fully saturated rings. The number of unbranched alkanes of at least 4 members (excludes halogenated alkanes) is 1. The fraction of sp³-hybridized carbons (Fsp3) is 0.571. The first kappa shape index (κ1) is 11.8. The summed E-state index contributed by atoms with van der Waals surface area (Å²) in [7, 11) is 0. The van der Waals surface area contributed by atoms with Crippen LogP contribution >= 0.6 is 11.8 Å². The third-order valence-corrected chi connectivity index (χ3v) is 4.52. The minimum absolute atomic E-state index is 0.791. The number of fused-ring (bicyclic) bond motifs is 1. The maximum absolute atomic E-state index is 3.58. The molecule has 88 valence electrons. The molecule has 2 rings (SSSR count). The highest BCUT2D eigenvalue weighted by Gasteiger charge is 2.14. The van der Waals surface area contributed by atoms with Crippen LogP contribution in [0, 0.1) is 0 Å². The van der Waals surface area contributed by atoms with Crippen LogP contribution in [0.5, 0.6) is 0 Å². The van der Waals surface area contributed by atoms with Crippen molar-refractivity contribution in [2.75, 3.05) is 17.6 Å². The maximum atomic E-state index is 3.58. The number of rotatable bonds is 4. The molecule has 0 radical (unpaired) electrons. The molecular formula is C14H21NS. The van der Waals surface area contributed by atoms with Crippen molar-refractivity contribution in [3.8, 4) is 0 Å². The van der Waals surface area contributed by atoms with E-state index in [1.807, 2.05) is 0 Å². The molecule has 0 saturated carbocycles. The molecule has 16 heavy (non-hydrogen) atoms. The Morgan fingerprint density at radius 1 is 1.38 bits per heavy atom. The van der Waals surface area contributed by atoms with E-state index in [9.17, 15) is 0 Å². The van der Waals surface area contributed by atoms with Crippen molar-refractivity contribution >= 4 is 17.4 Å². The summed E-state index contributed by atoms with van der Waals surface area (Å²) < 4.78 is 0. The number of thioether (sulfide) groups is 1. The highest BCUT2D eigenvalue weighted by Crippen LogP contribution is 2.26. The minimum atomic E-state index is 0.791. The van der Waals surface area contributed by atoms with Crippen molar-refractivity contribution in [2.24, 2.45) is 0 Å². The monoisotopic (exact) mass is 235 g/mol. The zero-order valence-corrected chi connectivity index (χ0v) is 10.9. The number of benzene rings is 1. The van der Waals surface area contributed by atoms with E-state index in [-0.39, 0.29) is 0 Å². The van der Waals surface area contributed by atoms with Gasteiger partial charge in [0.25, 0.3) is 0 Å². The largest absolute Gasteiger partial charge is 0.384 e. The molecule has 0 spiro atoms. The molecule has 0 aliphatic carbocycles. The van der Waals surface area contributed by atoms with Crippen molar-refractivity contribution in [1.29, 1.82) is 0 Å². The van der Waals surface area contributed by atoms with Crippen LogP contribution < -0.4 is 5.32 Å². The SMILES string of the molecule is CCCCSC1CCc2ccccc2NC1. The van der Waals surface area contributed by atoms with Crippen LogP contribution in [0.2, 0.25) is 0 Å². The summed E-state index contributed by atoms with van der Waals surface area (Å²) in [6.07, 6.45) is 5.22. The molecule has 1 aliphatic heterocycles. The normalized spacial score (nSPS) is 19.7. The Morgan fingerprint density at radius 3 is 3.12 bits per heavy atom. The predicted octanol–water partition coefficient (Wildman–Crippen LogP) is 3.95. The lowest BCUT2D eigenvalue weighted by Crippen LogP contribution is -2.15. The zero-order valence-electron chi connectivity index (χ0n) is 10.0. The Balaban J connectivity index is 1.87. The fourth-order valence-electron chi connectivity index (χ4n) is 2.09. The number of hydrogen-bond acceptors (Lipinski definition) is 2. The van der Waals surface area contributed by atoms with E-state index in [4.69, 9.17) is 0 Å². The molecule has 1 nitrogen and oxygen atoms in total. The van der Waals surface area contributed by atoms with E-state index >= 15 is 0 Å². The molecule has 1 heterocycles. The quantitative estimate of drug-likeness (QED) is 0.793.